The average molecular weight is 478 g/mol. The van der Waals surface area contributed by atoms with E-state index in [4.69, 9.17) is 14.0 Å². The first-order chi connectivity index (χ1) is 16.9. The van der Waals surface area contributed by atoms with E-state index < -0.39 is 0 Å². The minimum Gasteiger partial charge on any atom is -0.488 e. The molecule has 4 bridgehead atoms. The molecule has 10 heteroatoms. The van der Waals surface area contributed by atoms with E-state index in [9.17, 15) is 9.59 Å². The molecule has 4 heterocycles. The van der Waals surface area contributed by atoms with Gasteiger partial charge in [0.1, 0.15) is 17.6 Å². The van der Waals surface area contributed by atoms with Crippen molar-refractivity contribution < 1.29 is 23.6 Å². The maximum absolute atomic E-state index is 13.3. The lowest BCUT2D eigenvalue weighted by molar-refractivity contribution is -0.123. The van der Waals surface area contributed by atoms with Gasteiger partial charge in [0.05, 0.1) is 6.04 Å². The fourth-order valence-electron chi connectivity index (χ4n) is 4.21. The molecule has 1 saturated heterocycles. The first-order valence-electron chi connectivity index (χ1n) is 11.6. The predicted molar refractivity (Wildman–Crippen MR) is 126 cm³/mol. The Bertz CT molecular complexity index is 1230. The third kappa shape index (κ3) is 5.21. The number of aromatic nitrogens is 2. The number of amides is 2. The highest BCUT2D eigenvalue weighted by Gasteiger charge is 2.34. The number of hydrogen-bond donors (Lipinski definition) is 2. The summed E-state index contributed by atoms with van der Waals surface area (Å²) in [7, 11) is 0. The summed E-state index contributed by atoms with van der Waals surface area (Å²) >= 11 is 0. The summed E-state index contributed by atoms with van der Waals surface area (Å²) in [5.74, 6) is 1.65. The van der Waals surface area contributed by atoms with Gasteiger partial charge in [0.15, 0.2) is 6.61 Å². The number of carbonyl (C=O) groups is 2. The van der Waals surface area contributed by atoms with E-state index in [1.54, 1.807) is 25.1 Å². The normalized spacial score (nSPS) is 20.7. The van der Waals surface area contributed by atoms with Crippen molar-refractivity contribution in [1.29, 1.82) is 0 Å². The Kier molecular flexibility index (Phi) is 6.26. The molecule has 1 aromatic heterocycles. The molecule has 2 amide bonds. The molecule has 2 aromatic carbocycles. The van der Waals surface area contributed by atoms with Crippen LogP contribution < -0.4 is 25.0 Å². The van der Waals surface area contributed by atoms with Crippen LogP contribution in [0.15, 0.2) is 47.0 Å². The lowest BCUT2D eigenvalue weighted by Crippen LogP contribution is -2.57. The summed E-state index contributed by atoms with van der Waals surface area (Å²) in [4.78, 5) is 31.8. The zero-order valence-electron chi connectivity index (χ0n) is 19.6. The number of anilines is 1. The third-order valence-corrected chi connectivity index (χ3v) is 6.18. The van der Waals surface area contributed by atoms with Gasteiger partial charge in [0, 0.05) is 38.5 Å². The van der Waals surface area contributed by atoms with Crippen LogP contribution in [0.3, 0.4) is 0 Å². The largest absolute Gasteiger partial charge is 0.488 e. The minimum absolute atomic E-state index is 0.142. The molecule has 0 saturated carbocycles. The van der Waals surface area contributed by atoms with Crippen molar-refractivity contribution in [3.05, 3.63) is 65.0 Å². The number of piperidine rings is 1. The van der Waals surface area contributed by atoms with E-state index >= 15 is 0 Å². The van der Waals surface area contributed by atoms with E-state index in [0.717, 1.165) is 11.1 Å². The number of aryl methyl sites for hydroxylation is 2. The van der Waals surface area contributed by atoms with Crippen molar-refractivity contribution in [3.63, 3.8) is 0 Å². The number of ether oxygens (including phenoxy) is 2. The number of benzene rings is 2. The molecule has 0 aliphatic carbocycles. The fraction of sp³-hybridized carbons (Fsp3) is 0.360. The summed E-state index contributed by atoms with van der Waals surface area (Å²) in [6.07, 6.45) is 0.393. The Balaban J connectivity index is 1.45. The van der Waals surface area contributed by atoms with Crippen LogP contribution in [0.25, 0.3) is 0 Å². The van der Waals surface area contributed by atoms with Crippen LogP contribution in [0.1, 0.15) is 33.8 Å². The van der Waals surface area contributed by atoms with Crippen molar-refractivity contribution >= 4 is 17.8 Å². The van der Waals surface area contributed by atoms with Gasteiger partial charge in [0.2, 0.25) is 5.89 Å². The van der Waals surface area contributed by atoms with E-state index in [0.29, 0.717) is 55.0 Å². The average Bonchev–Trinajstić information content (AvgIpc) is 3.29. The predicted octanol–water partition coefficient (Wildman–Crippen LogP) is 2.15. The molecule has 1 fully saturated rings. The Morgan fingerprint density at radius 1 is 1.09 bits per heavy atom. The second-order valence-electron chi connectivity index (χ2n) is 8.77. The summed E-state index contributed by atoms with van der Waals surface area (Å²) in [5.41, 5.74) is 2.21. The first kappa shape index (κ1) is 22.7. The molecule has 2 atom stereocenters. The van der Waals surface area contributed by atoms with Crippen molar-refractivity contribution in [2.24, 2.45) is 0 Å². The van der Waals surface area contributed by atoms with Crippen molar-refractivity contribution in [3.8, 4) is 11.5 Å². The van der Waals surface area contributed by atoms with Gasteiger partial charge in [-0.25, -0.2) is 0 Å². The molecular weight excluding hydrogens is 450 g/mol. The summed E-state index contributed by atoms with van der Waals surface area (Å²) in [5, 5.41) is 10.00. The molecule has 0 unspecified atom stereocenters. The smallest absolute Gasteiger partial charge is 0.266 e. The van der Waals surface area contributed by atoms with Crippen molar-refractivity contribution in [2.45, 2.75) is 39.0 Å². The van der Waals surface area contributed by atoms with E-state index in [1.807, 2.05) is 36.1 Å². The zero-order chi connectivity index (χ0) is 24.4. The molecule has 35 heavy (non-hydrogen) atoms. The molecule has 3 aliphatic heterocycles. The quantitative estimate of drug-likeness (QED) is 0.547. The van der Waals surface area contributed by atoms with Crippen LogP contribution in [0, 0.1) is 13.8 Å². The molecule has 3 aromatic rings. The van der Waals surface area contributed by atoms with Gasteiger partial charge in [0.25, 0.3) is 17.8 Å². The standard InChI is InChI=1S/C25H27N5O5/c1-15-3-6-18-11-22(15)33-14-23(31)26-12-17-4-7-19(8-5-17)34-21-9-10-30(13-20(21)28-24(18)32)25-27-16(2)35-29-25/h3-8,11,20-21H,9-10,12-14H2,1-2H3,(H,26,31)(H,28,32)/t20-,21-/m0/s1. The molecule has 6 rings (SSSR count). The van der Waals surface area contributed by atoms with Crippen LogP contribution in [0.2, 0.25) is 0 Å². The first-order valence-corrected chi connectivity index (χ1v) is 11.6. The van der Waals surface area contributed by atoms with Crippen LogP contribution in [-0.2, 0) is 11.3 Å². The Morgan fingerprint density at radius 3 is 2.69 bits per heavy atom. The second kappa shape index (κ2) is 9.65. The molecule has 0 spiro atoms. The van der Waals surface area contributed by atoms with Gasteiger partial charge in [-0.2, -0.15) is 4.98 Å². The minimum atomic E-state index is -0.334. The SMILES string of the molecule is Cc1nc(N2CC[C@@H]3Oc4ccc(cc4)CNC(=O)COc4cc(ccc4C)C(=O)N[C@H]3C2)no1. The highest BCUT2D eigenvalue weighted by Crippen LogP contribution is 2.24. The van der Waals surface area contributed by atoms with Crippen LogP contribution >= 0.6 is 0 Å². The number of fused-ring (bicyclic) bond motifs is 7. The van der Waals surface area contributed by atoms with Gasteiger partial charge in [-0.3, -0.25) is 9.59 Å². The van der Waals surface area contributed by atoms with E-state index in [-0.39, 0.29) is 30.6 Å². The van der Waals surface area contributed by atoms with Crippen LogP contribution in [0.5, 0.6) is 11.5 Å². The van der Waals surface area contributed by atoms with Crippen molar-refractivity contribution in [2.75, 3.05) is 24.6 Å². The lowest BCUT2D eigenvalue weighted by atomic mass is 10.0. The lowest BCUT2D eigenvalue weighted by Gasteiger charge is -2.38. The van der Waals surface area contributed by atoms with E-state index in [2.05, 4.69) is 20.8 Å². The fourth-order valence-corrected chi connectivity index (χ4v) is 4.21. The maximum Gasteiger partial charge on any atom is 0.266 e. The van der Waals surface area contributed by atoms with Crippen LogP contribution in [-0.4, -0.2) is 53.8 Å². The summed E-state index contributed by atoms with van der Waals surface area (Å²) in [6, 6.07) is 12.4. The highest BCUT2D eigenvalue weighted by atomic mass is 16.5. The molecule has 2 N–H and O–H groups in total. The molecule has 3 aliphatic rings. The molecule has 0 radical (unpaired) electrons. The van der Waals surface area contributed by atoms with Gasteiger partial charge in [-0.1, -0.05) is 18.2 Å². The number of nitrogens with zero attached hydrogens (tertiary/aromatic N) is 3. The Morgan fingerprint density at radius 2 is 1.91 bits per heavy atom. The third-order valence-electron chi connectivity index (χ3n) is 6.18. The second-order valence-corrected chi connectivity index (χ2v) is 8.77. The summed E-state index contributed by atoms with van der Waals surface area (Å²) in [6.45, 7) is 4.97. The number of rotatable bonds is 1. The molecular formula is C25H27N5O5. The monoisotopic (exact) mass is 477 g/mol. The van der Waals surface area contributed by atoms with Gasteiger partial charge < -0.3 is 29.5 Å². The Hall–Kier alpha value is -4.08. The van der Waals surface area contributed by atoms with Crippen molar-refractivity contribution in [1.82, 2.24) is 20.8 Å². The molecule has 10 nitrogen and oxygen atoms in total. The van der Waals surface area contributed by atoms with Gasteiger partial charge in [-0.05, 0) is 47.5 Å². The number of nitrogens with one attached hydrogen (secondary N) is 2. The maximum atomic E-state index is 13.3. The Labute approximate surface area is 202 Å². The highest BCUT2D eigenvalue weighted by molar-refractivity contribution is 5.95. The van der Waals surface area contributed by atoms with Crippen LogP contribution in [0.4, 0.5) is 5.95 Å². The topological polar surface area (TPSA) is 119 Å². The van der Waals surface area contributed by atoms with Gasteiger partial charge in [-0.15, -0.1) is 0 Å². The van der Waals surface area contributed by atoms with Gasteiger partial charge >= 0.3 is 0 Å². The zero-order valence-corrected chi connectivity index (χ0v) is 19.6. The van der Waals surface area contributed by atoms with E-state index in [1.165, 1.54) is 0 Å². The molecule has 182 valence electrons. The summed E-state index contributed by atoms with van der Waals surface area (Å²) < 4.78 is 17.2. The number of carbonyl (C=O) groups excluding carboxylic acids is 2. The number of hydrogen-bond acceptors (Lipinski definition) is 8.